The maximum Gasteiger partial charge on any atom is 0.343 e. The molecular formula is C20H13FO3S. The van der Waals surface area contributed by atoms with Gasteiger partial charge in [0.05, 0.1) is 5.56 Å². The topological polar surface area (TPSA) is 43.4 Å². The van der Waals surface area contributed by atoms with Crippen LogP contribution >= 0.6 is 11.3 Å². The quantitative estimate of drug-likeness (QED) is 0.281. The summed E-state index contributed by atoms with van der Waals surface area (Å²) in [6, 6.07) is 15.2. The van der Waals surface area contributed by atoms with Crippen molar-refractivity contribution in [2.45, 2.75) is 0 Å². The van der Waals surface area contributed by atoms with Crippen LogP contribution in [-0.2, 0) is 0 Å². The molecule has 0 N–H and O–H groups in total. The average Bonchev–Trinajstić information content (AvgIpc) is 3.14. The predicted octanol–water partition coefficient (Wildman–Crippen LogP) is 5.00. The standard InChI is InChI=1S/C20H13FO3S/c21-16-7-3-15(4-8-16)20(23)24-17-9-5-14(6-10-17)19(22)12-11-18-2-1-13-25-18/h1-13H. The molecule has 3 rings (SSSR count). The van der Waals surface area contributed by atoms with E-state index in [9.17, 15) is 14.0 Å². The molecule has 0 aliphatic heterocycles. The van der Waals surface area contributed by atoms with E-state index in [-0.39, 0.29) is 11.3 Å². The molecule has 0 spiro atoms. The van der Waals surface area contributed by atoms with Gasteiger partial charge in [-0.2, -0.15) is 0 Å². The first-order valence-electron chi connectivity index (χ1n) is 7.45. The van der Waals surface area contributed by atoms with E-state index in [0.717, 1.165) is 4.88 Å². The van der Waals surface area contributed by atoms with Gasteiger partial charge in [-0.05, 0) is 72.1 Å². The second-order valence-electron chi connectivity index (χ2n) is 5.13. The number of ketones is 1. The second kappa shape index (κ2) is 7.68. The maximum absolute atomic E-state index is 12.9. The Morgan fingerprint density at radius 2 is 1.60 bits per heavy atom. The van der Waals surface area contributed by atoms with E-state index in [1.54, 1.807) is 41.7 Å². The van der Waals surface area contributed by atoms with E-state index in [1.165, 1.54) is 30.3 Å². The molecule has 3 nitrogen and oxygen atoms in total. The van der Waals surface area contributed by atoms with Gasteiger partial charge in [0.25, 0.3) is 0 Å². The molecule has 0 saturated carbocycles. The summed E-state index contributed by atoms with van der Waals surface area (Å²) in [7, 11) is 0. The Hall–Kier alpha value is -3.05. The number of benzene rings is 2. The number of hydrogen-bond acceptors (Lipinski definition) is 4. The van der Waals surface area contributed by atoms with Crippen molar-refractivity contribution in [1.82, 2.24) is 0 Å². The normalized spacial score (nSPS) is 10.8. The lowest BCUT2D eigenvalue weighted by Crippen LogP contribution is -2.08. The third-order valence-corrected chi connectivity index (χ3v) is 4.21. The largest absolute Gasteiger partial charge is 0.423 e. The van der Waals surface area contributed by atoms with Crippen LogP contribution in [0.5, 0.6) is 5.75 Å². The highest BCUT2D eigenvalue weighted by Crippen LogP contribution is 2.16. The maximum atomic E-state index is 12.9. The highest BCUT2D eigenvalue weighted by atomic mass is 32.1. The van der Waals surface area contributed by atoms with Crippen molar-refractivity contribution in [3.05, 3.63) is 93.9 Å². The van der Waals surface area contributed by atoms with Crippen LogP contribution in [0.2, 0.25) is 0 Å². The first-order chi connectivity index (χ1) is 12.1. The molecule has 5 heteroatoms. The SMILES string of the molecule is O=C(C=Cc1cccs1)c1ccc(OC(=O)c2ccc(F)cc2)cc1. The number of hydrogen-bond donors (Lipinski definition) is 0. The van der Waals surface area contributed by atoms with E-state index < -0.39 is 11.8 Å². The van der Waals surface area contributed by atoms with Crippen molar-refractivity contribution in [3.63, 3.8) is 0 Å². The summed E-state index contributed by atoms with van der Waals surface area (Å²) in [6.45, 7) is 0. The van der Waals surface area contributed by atoms with Gasteiger partial charge in [-0.25, -0.2) is 9.18 Å². The molecule has 0 saturated heterocycles. The number of esters is 1. The summed E-state index contributed by atoms with van der Waals surface area (Å²) in [6.07, 6.45) is 3.26. The van der Waals surface area contributed by atoms with Gasteiger partial charge < -0.3 is 4.74 Å². The summed E-state index contributed by atoms with van der Waals surface area (Å²) < 4.78 is 18.1. The molecule has 0 radical (unpaired) electrons. The van der Waals surface area contributed by atoms with E-state index in [0.29, 0.717) is 11.3 Å². The molecule has 0 atom stereocenters. The Morgan fingerprint density at radius 1 is 0.920 bits per heavy atom. The summed E-state index contributed by atoms with van der Waals surface area (Å²) in [5.41, 5.74) is 0.745. The Balaban J connectivity index is 1.64. The number of allylic oxidation sites excluding steroid dienone is 1. The van der Waals surface area contributed by atoms with Crippen LogP contribution in [0.25, 0.3) is 6.08 Å². The first-order valence-corrected chi connectivity index (χ1v) is 8.33. The molecule has 0 aliphatic rings. The Kier molecular flexibility index (Phi) is 5.16. The van der Waals surface area contributed by atoms with E-state index >= 15 is 0 Å². The lowest BCUT2D eigenvalue weighted by molar-refractivity contribution is 0.0734. The zero-order chi connectivity index (χ0) is 17.6. The fraction of sp³-hybridized carbons (Fsp3) is 0. The monoisotopic (exact) mass is 352 g/mol. The van der Waals surface area contributed by atoms with E-state index in [1.807, 2.05) is 17.5 Å². The van der Waals surface area contributed by atoms with E-state index in [4.69, 9.17) is 4.74 Å². The number of carbonyl (C=O) groups excluding carboxylic acids is 2. The van der Waals surface area contributed by atoms with Crippen molar-refractivity contribution in [2.75, 3.05) is 0 Å². The zero-order valence-corrected chi connectivity index (χ0v) is 13.8. The number of halogens is 1. The van der Waals surface area contributed by atoms with Gasteiger partial charge in [-0.15, -0.1) is 11.3 Å². The van der Waals surface area contributed by atoms with Gasteiger partial charge in [0.1, 0.15) is 11.6 Å². The second-order valence-corrected chi connectivity index (χ2v) is 6.11. The van der Waals surface area contributed by atoms with Gasteiger partial charge in [0, 0.05) is 10.4 Å². The lowest BCUT2D eigenvalue weighted by Gasteiger charge is -2.05. The third kappa shape index (κ3) is 4.49. The van der Waals surface area contributed by atoms with Crippen LogP contribution in [0.4, 0.5) is 4.39 Å². The van der Waals surface area contributed by atoms with Gasteiger partial charge >= 0.3 is 5.97 Å². The average molecular weight is 352 g/mol. The molecule has 0 aliphatic carbocycles. The molecule has 3 aromatic rings. The molecule has 0 unspecified atom stereocenters. The highest BCUT2D eigenvalue weighted by Gasteiger charge is 2.09. The molecule has 0 bridgehead atoms. The van der Waals surface area contributed by atoms with Gasteiger partial charge in [-0.3, -0.25) is 4.79 Å². The summed E-state index contributed by atoms with van der Waals surface area (Å²) in [5, 5.41) is 1.94. The first kappa shape index (κ1) is 16.8. The van der Waals surface area contributed by atoms with Crippen LogP contribution in [-0.4, -0.2) is 11.8 Å². The van der Waals surface area contributed by atoms with Gasteiger partial charge in [-0.1, -0.05) is 6.07 Å². The molecule has 1 heterocycles. The van der Waals surface area contributed by atoms with Crippen LogP contribution in [0, 0.1) is 5.82 Å². The molecule has 0 amide bonds. The minimum absolute atomic E-state index is 0.134. The van der Waals surface area contributed by atoms with Crippen molar-refractivity contribution < 1.29 is 18.7 Å². The third-order valence-electron chi connectivity index (χ3n) is 3.37. The van der Waals surface area contributed by atoms with E-state index in [2.05, 4.69) is 0 Å². The smallest absolute Gasteiger partial charge is 0.343 e. The fourth-order valence-corrected chi connectivity index (χ4v) is 2.70. The minimum Gasteiger partial charge on any atom is -0.423 e. The summed E-state index contributed by atoms with van der Waals surface area (Å²) in [5.74, 6) is -0.829. The van der Waals surface area contributed by atoms with Crippen LogP contribution in [0.3, 0.4) is 0 Å². The fourth-order valence-electron chi connectivity index (χ4n) is 2.08. The molecular weight excluding hydrogens is 339 g/mol. The summed E-state index contributed by atoms with van der Waals surface area (Å²) >= 11 is 1.55. The van der Waals surface area contributed by atoms with Crippen molar-refractivity contribution in [2.24, 2.45) is 0 Å². The Bertz CT molecular complexity index is 895. The molecule has 0 fully saturated rings. The number of thiophene rings is 1. The minimum atomic E-state index is -0.586. The molecule has 25 heavy (non-hydrogen) atoms. The number of ether oxygens (including phenoxy) is 1. The molecule has 2 aromatic carbocycles. The predicted molar refractivity (Wildman–Crippen MR) is 95.5 cm³/mol. The number of carbonyl (C=O) groups is 2. The lowest BCUT2D eigenvalue weighted by atomic mass is 10.1. The van der Waals surface area contributed by atoms with Gasteiger partial charge in [0.2, 0.25) is 0 Å². The van der Waals surface area contributed by atoms with Gasteiger partial charge in [0.15, 0.2) is 5.78 Å². The van der Waals surface area contributed by atoms with Crippen LogP contribution in [0.1, 0.15) is 25.6 Å². The molecule has 1 aromatic heterocycles. The van der Waals surface area contributed by atoms with Crippen LogP contribution in [0.15, 0.2) is 72.1 Å². The Labute approximate surface area is 148 Å². The van der Waals surface area contributed by atoms with Crippen molar-refractivity contribution >= 4 is 29.2 Å². The van der Waals surface area contributed by atoms with Crippen LogP contribution < -0.4 is 4.74 Å². The highest BCUT2D eigenvalue weighted by molar-refractivity contribution is 7.10. The van der Waals surface area contributed by atoms with Crippen molar-refractivity contribution in [3.8, 4) is 5.75 Å². The Morgan fingerprint density at radius 3 is 2.24 bits per heavy atom. The van der Waals surface area contributed by atoms with Crippen molar-refractivity contribution in [1.29, 1.82) is 0 Å². The number of rotatable bonds is 5. The zero-order valence-electron chi connectivity index (χ0n) is 13.0. The molecule has 124 valence electrons. The summed E-state index contributed by atoms with van der Waals surface area (Å²) in [4.78, 5) is 25.1.